The molecule has 4 aromatic carbocycles. The molecule has 50 heavy (non-hydrogen) atoms. The molecule has 0 spiro atoms. The number of hydrogen-bond donors (Lipinski definition) is 3. The van der Waals surface area contributed by atoms with Crippen molar-refractivity contribution in [3.05, 3.63) is 119 Å². The smallest absolute Gasteiger partial charge is 0.407 e. The summed E-state index contributed by atoms with van der Waals surface area (Å²) in [6.07, 6.45) is 1.83. The van der Waals surface area contributed by atoms with E-state index in [0.717, 1.165) is 30.4 Å². The minimum atomic E-state index is -0.680. The second kappa shape index (κ2) is 17.5. The zero-order valence-electron chi connectivity index (χ0n) is 28.9. The summed E-state index contributed by atoms with van der Waals surface area (Å²) in [5, 5.41) is 14.6. The average Bonchev–Trinajstić information content (AvgIpc) is 3.65. The number of methoxy groups -OCH3 is 1. The van der Waals surface area contributed by atoms with Crippen LogP contribution in [0.3, 0.4) is 0 Å². The van der Waals surface area contributed by atoms with Crippen molar-refractivity contribution in [2.45, 2.75) is 63.5 Å². The monoisotopic (exact) mass is 678 g/mol. The highest BCUT2D eigenvalue weighted by Crippen LogP contribution is 2.45. The number of ether oxygens (including phenoxy) is 3. The lowest BCUT2D eigenvalue weighted by atomic mass is 9.98. The standard InChI is InChI=1S/C21H23NO4.C20H23NO3/c1-3-8-19(20(23)25-2)22-21(24)26-13-18-16-11-6-4-9-14(16)15-10-5-7-12-17(15)18;1-2-7-14(12-22)21-20(23)24-13-19-17-10-5-3-8-15(17)16-9-4-6-11-18(16)19/h4-7,9-12,18-19H,3,8,13H2,1-2H3,(H,22,24);3-6,8-11,14,19,22H,2,7,12-13H2,1H3,(H,21,23). The fraction of sp³-hybridized carbons (Fsp3) is 0.341. The van der Waals surface area contributed by atoms with Gasteiger partial charge in [-0.2, -0.15) is 0 Å². The van der Waals surface area contributed by atoms with E-state index in [1.165, 1.54) is 40.5 Å². The molecule has 6 rings (SSSR count). The Balaban J connectivity index is 0.000000195. The van der Waals surface area contributed by atoms with Crippen LogP contribution < -0.4 is 10.6 Å². The third-order valence-corrected chi connectivity index (χ3v) is 9.22. The van der Waals surface area contributed by atoms with Crippen molar-refractivity contribution < 1.29 is 33.7 Å². The summed E-state index contributed by atoms with van der Waals surface area (Å²) in [5.74, 6) is -0.404. The van der Waals surface area contributed by atoms with Crippen LogP contribution in [0, 0.1) is 0 Å². The maximum absolute atomic E-state index is 12.2. The molecule has 262 valence electrons. The van der Waals surface area contributed by atoms with Gasteiger partial charge in [0.2, 0.25) is 0 Å². The van der Waals surface area contributed by atoms with Gasteiger partial charge in [0.25, 0.3) is 0 Å². The molecular weight excluding hydrogens is 632 g/mol. The molecule has 2 unspecified atom stereocenters. The minimum absolute atomic E-state index is 0.00379. The van der Waals surface area contributed by atoms with E-state index in [1.807, 2.05) is 62.4 Å². The maximum atomic E-state index is 12.2. The molecule has 9 nitrogen and oxygen atoms in total. The second-order valence-corrected chi connectivity index (χ2v) is 12.5. The lowest BCUT2D eigenvalue weighted by Gasteiger charge is -2.18. The van der Waals surface area contributed by atoms with Crippen LogP contribution in [0.4, 0.5) is 9.59 Å². The lowest BCUT2D eigenvalue weighted by molar-refractivity contribution is -0.143. The van der Waals surface area contributed by atoms with Crippen LogP contribution in [0.5, 0.6) is 0 Å². The maximum Gasteiger partial charge on any atom is 0.407 e. The first-order valence-corrected chi connectivity index (χ1v) is 17.3. The number of rotatable bonds is 12. The van der Waals surface area contributed by atoms with Crippen LogP contribution in [0.25, 0.3) is 22.3 Å². The van der Waals surface area contributed by atoms with E-state index in [2.05, 4.69) is 59.2 Å². The van der Waals surface area contributed by atoms with Gasteiger partial charge in [0.1, 0.15) is 19.3 Å². The topological polar surface area (TPSA) is 123 Å². The predicted molar refractivity (Wildman–Crippen MR) is 193 cm³/mol. The highest BCUT2D eigenvalue weighted by molar-refractivity contribution is 5.82. The number of alkyl carbamates (subject to hydrolysis) is 2. The van der Waals surface area contributed by atoms with Crippen molar-refractivity contribution in [2.75, 3.05) is 26.9 Å². The van der Waals surface area contributed by atoms with Gasteiger partial charge in [-0.3, -0.25) is 0 Å². The van der Waals surface area contributed by atoms with Gasteiger partial charge >= 0.3 is 18.2 Å². The molecule has 0 bridgehead atoms. The zero-order valence-corrected chi connectivity index (χ0v) is 28.9. The van der Waals surface area contributed by atoms with Gasteiger partial charge in [0, 0.05) is 11.8 Å². The van der Waals surface area contributed by atoms with E-state index in [0.29, 0.717) is 13.0 Å². The SMILES string of the molecule is CCCC(CO)NC(=O)OCC1c2ccccc2-c2ccccc21.CCCC(NC(=O)OCC1c2ccccc2-c2ccccc21)C(=O)OC. The summed E-state index contributed by atoms with van der Waals surface area (Å²) < 4.78 is 15.6. The van der Waals surface area contributed by atoms with Gasteiger partial charge in [-0.15, -0.1) is 0 Å². The normalized spacial score (nSPS) is 13.7. The fourth-order valence-corrected chi connectivity index (χ4v) is 6.83. The molecule has 2 aliphatic carbocycles. The molecule has 2 atom stereocenters. The van der Waals surface area contributed by atoms with Gasteiger partial charge in [0.05, 0.1) is 19.8 Å². The van der Waals surface area contributed by atoms with Crippen LogP contribution in [-0.2, 0) is 19.0 Å². The summed E-state index contributed by atoms with van der Waals surface area (Å²) in [6.45, 7) is 4.40. The molecule has 0 saturated heterocycles. The molecule has 4 aromatic rings. The molecule has 0 aliphatic heterocycles. The van der Waals surface area contributed by atoms with Crippen molar-refractivity contribution in [3.8, 4) is 22.3 Å². The van der Waals surface area contributed by atoms with Gasteiger partial charge < -0.3 is 30.0 Å². The van der Waals surface area contributed by atoms with Crippen molar-refractivity contribution in [1.82, 2.24) is 10.6 Å². The molecule has 0 heterocycles. The number of fused-ring (bicyclic) bond motifs is 6. The summed E-state index contributed by atoms with van der Waals surface area (Å²) in [6, 6.07) is 31.9. The van der Waals surface area contributed by atoms with Gasteiger partial charge in [-0.05, 0) is 57.3 Å². The number of nitrogens with one attached hydrogen (secondary N) is 2. The number of esters is 1. The number of aliphatic hydroxyl groups excluding tert-OH is 1. The number of carbonyl (C=O) groups excluding carboxylic acids is 3. The summed E-state index contributed by atoms with van der Waals surface area (Å²) >= 11 is 0. The van der Waals surface area contributed by atoms with E-state index in [9.17, 15) is 19.5 Å². The Bertz CT molecular complexity index is 1680. The molecule has 2 aliphatic rings. The number of benzene rings is 4. The Hall–Kier alpha value is -5.15. The first-order chi connectivity index (χ1) is 24.4. The third kappa shape index (κ3) is 8.34. The van der Waals surface area contributed by atoms with Crippen LogP contribution in [0.2, 0.25) is 0 Å². The highest BCUT2D eigenvalue weighted by Gasteiger charge is 2.31. The Morgan fingerprint density at radius 3 is 1.36 bits per heavy atom. The fourth-order valence-electron chi connectivity index (χ4n) is 6.83. The summed E-state index contributed by atoms with van der Waals surface area (Å²) in [5.41, 5.74) is 9.46. The number of carbonyl (C=O) groups is 3. The van der Waals surface area contributed by atoms with Crippen molar-refractivity contribution in [1.29, 1.82) is 0 Å². The van der Waals surface area contributed by atoms with E-state index >= 15 is 0 Å². The third-order valence-electron chi connectivity index (χ3n) is 9.22. The lowest BCUT2D eigenvalue weighted by Crippen LogP contribution is -2.42. The molecular formula is C41H46N2O7. The van der Waals surface area contributed by atoms with Crippen molar-refractivity contribution >= 4 is 18.2 Å². The number of aliphatic hydroxyl groups is 1. The predicted octanol–water partition coefficient (Wildman–Crippen LogP) is 7.55. The Morgan fingerprint density at radius 2 is 1.00 bits per heavy atom. The summed E-state index contributed by atoms with van der Waals surface area (Å²) in [7, 11) is 1.31. The molecule has 0 fully saturated rings. The van der Waals surface area contributed by atoms with Crippen LogP contribution in [0.1, 0.15) is 73.6 Å². The first kappa shape index (κ1) is 36.1. The van der Waals surface area contributed by atoms with Gasteiger partial charge in [0.15, 0.2) is 0 Å². The largest absolute Gasteiger partial charge is 0.467 e. The first-order valence-electron chi connectivity index (χ1n) is 17.3. The van der Waals surface area contributed by atoms with Gasteiger partial charge in [-0.25, -0.2) is 14.4 Å². The van der Waals surface area contributed by atoms with Crippen LogP contribution in [0.15, 0.2) is 97.1 Å². The van der Waals surface area contributed by atoms with E-state index in [4.69, 9.17) is 14.2 Å². The van der Waals surface area contributed by atoms with Crippen LogP contribution >= 0.6 is 0 Å². The summed E-state index contributed by atoms with van der Waals surface area (Å²) in [4.78, 5) is 35.9. The van der Waals surface area contributed by atoms with Crippen molar-refractivity contribution in [2.24, 2.45) is 0 Å². The van der Waals surface area contributed by atoms with Crippen LogP contribution in [-0.4, -0.2) is 62.3 Å². The minimum Gasteiger partial charge on any atom is -0.467 e. The average molecular weight is 679 g/mol. The quantitative estimate of drug-likeness (QED) is 0.104. The molecule has 2 amide bonds. The molecule has 3 N–H and O–H groups in total. The van der Waals surface area contributed by atoms with E-state index in [-0.39, 0.29) is 31.1 Å². The Morgan fingerprint density at radius 1 is 0.620 bits per heavy atom. The Labute approximate surface area is 294 Å². The highest BCUT2D eigenvalue weighted by atomic mass is 16.6. The number of hydrogen-bond acceptors (Lipinski definition) is 7. The number of amides is 2. The Kier molecular flexibility index (Phi) is 12.6. The van der Waals surface area contributed by atoms with E-state index in [1.54, 1.807) is 0 Å². The zero-order chi connectivity index (χ0) is 35.5. The molecule has 9 heteroatoms. The van der Waals surface area contributed by atoms with Crippen molar-refractivity contribution in [3.63, 3.8) is 0 Å². The molecule has 0 saturated carbocycles. The van der Waals surface area contributed by atoms with Gasteiger partial charge in [-0.1, -0.05) is 124 Å². The molecule has 0 radical (unpaired) electrons. The molecule has 0 aromatic heterocycles. The van der Waals surface area contributed by atoms with E-state index < -0.39 is 24.2 Å². The second-order valence-electron chi connectivity index (χ2n) is 12.5.